The number of carbonyl (C=O) groups is 2. The van der Waals surface area contributed by atoms with E-state index in [-0.39, 0.29) is 36.6 Å². The van der Waals surface area contributed by atoms with Gasteiger partial charge in [-0.15, -0.1) is 0 Å². The van der Waals surface area contributed by atoms with Crippen LogP contribution >= 0.6 is 0 Å². The predicted molar refractivity (Wildman–Crippen MR) is 89.5 cm³/mol. The monoisotopic (exact) mass is 338 g/mol. The minimum atomic E-state index is -0.769. The predicted octanol–water partition coefficient (Wildman–Crippen LogP) is 1.37. The fraction of sp³-hybridized carbons (Fsp3) is 0.889. The number of nitrogens with one attached hydrogen (secondary N) is 1. The Morgan fingerprint density at radius 1 is 1.08 bits per heavy atom. The molecule has 0 saturated heterocycles. The Balaban J connectivity index is 1.38. The number of aliphatic hydroxyl groups excluding tert-OH is 1. The highest BCUT2D eigenvalue weighted by Gasteiger charge is 2.38. The zero-order valence-corrected chi connectivity index (χ0v) is 14.3. The van der Waals surface area contributed by atoms with Gasteiger partial charge in [0.05, 0.1) is 12.6 Å². The normalized spacial score (nSPS) is 33.1. The van der Waals surface area contributed by atoms with E-state index >= 15 is 0 Å². The number of rotatable bonds is 8. The average molecular weight is 338 g/mol. The number of carboxylic acid groups (broad SMARTS) is 1. The third kappa shape index (κ3) is 4.93. The number of aliphatic hydroxyl groups is 1. The molecule has 0 heterocycles. The maximum absolute atomic E-state index is 12.2. The van der Waals surface area contributed by atoms with E-state index in [2.05, 4.69) is 10.2 Å². The summed E-state index contributed by atoms with van der Waals surface area (Å²) in [5.74, 6) is 0.0459. The Hall–Kier alpha value is -1.14. The zero-order valence-electron chi connectivity index (χ0n) is 14.3. The van der Waals surface area contributed by atoms with Crippen molar-refractivity contribution in [2.75, 3.05) is 13.1 Å². The third-order valence-electron chi connectivity index (χ3n) is 5.84. The van der Waals surface area contributed by atoms with Crippen molar-refractivity contribution in [3.8, 4) is 0 Å². The molecule has 0 radical (unpaired) electrons. The Morgan fingerprint density at radius 3 is 2.42 bits per heavy atom. The highest BCUT2D eigenvalue weighted by atomic mass is 16.4. The van der Waals surface area contributed by atoms with Crippen LogP contribution in [0.25, 0.3) is 0 Å². The largest absolute Gasteiger partial charge is 0.480 e. The minimum Gasteiger partial charge on any atom is -0.480 e. The van der Waals surface area contributed by atoms with Gasteiger partial charge in [-0.05, 0) is 50.4 Å². The molecule has 3 saturated carbocycles. The number of aliphatic carboxylic acids is 1. The van der Waals surface area contributed by atoms with Crippen molar-refractivity contribution < 1.29 is 19.8 Å². The second-order valence-electron chi connectivity index (χ2n) is 7.97. The number of amides is 1. The molecule has 3 aliphatic carbocycles. The maximum Gasteiger partial charge on any atom is 0.317 e. The SMILES string of the molecule is O=C(O)CN(CC1CC1)C1CC(NC(=O)C[C@@H]2CCCC[C@H]2O)C1. The Labute approximate surface area is 143 Å². The van der Waals surface area contributed by atoms with Gasteiger partial charge in [0.2, 0.25) is 5.91 Å². The molecule has 24 heavy (non-hydrogen) atoms. The summed E-state index contributed by atoms with van der Waals surface area (Å²) in [7, 11) is 0. The number of carboxylic acids is 1. The molecule has 0 aromatic carbocycles. The summed E-state index contributed by atoms with van der Waals surface area (Å²) < 4.78 is 0. The molecule has 0 aliphatic heterocycles. The number of hydrogen-bond donors (Lipinski definition) is 3. The first-order valence-electron chi connectivity index (χ1n) is 9.44. The summed E-state index contributed by atoms with van der Waals surface area (Å²) in [6, 6.07) is 0.450. The number of hydrogen-bond acceptors (Lipinski definition) is 4. The van der Waals surface area contributed by atoms with Crippen LogP contribution in [0.5, 0.6) is 0 Å². The van der Waals surface area contributed by atoms with Crippen molar-refractivity contribution in [1.82, 2.24) is 10.2 Å². The van der Waals surface area contributed by atoms with Gasteiger partial charge >= 0.3 is 5.97 Å². The molecule has 3 rings (SSSR count). The van der Waals surface area contributed by atoms with Gasteiger partial charge in [0, 0.05) is 25.0 Å². The molecule has 0 bridgehead atoms. The number of nitrogens with zero attached hydrogens (tertiary/aromatic N) is 1. The number of carbonyl (C=O) groups excluding carboxylic acids is 1. The summed E-state index contributed by atoms with van der Waals surface area (Å²) in [4.78, 5) is 25.3. The van der Waals surface area contributed by atoms with E-state index in [4.69, 9.17) is 5.11 Å². The zero-order chi connectivity index (χ0) is 17.1. The summed E-state index contributed by atoms with van der Waals surface area (Å²) in [6.07, 6.45) is 8.13. The fourth-order valence-corrected chi connectivity index (χ4v) is 4.10. The summed E-state index contributed by atoms with van der Waals surface area (Å²) >= 11 is 0. The van der Waals surface area contributed by atoms with Gasteiger partial charge in [0.15, 0.2) is 0 Å². The quantitative estimate of drug-likeness (QED) is 0.622. The van der Waals surface area contributed by atoms with Gasteiger partial charge in [-0.2, -0.15) is 0 Å². The van der Waals surface area contributed by atoms with Crippen LogP contribution < -0.4 is 5.32 Å². The lowest BCUT2D eigenvalue weighted by atomic mass is 9.83. The maximum atomic E-state index is 12.2. The molecular weight excluding hydrogens is 308 g/mol. The van der Waals surface area contributed by atoms with Crippen molar-refractivity contribution in [1.29, 1.82) is 0 Å². The van der Waals surface area contributed by atoms with Gasteiger partial charge in [0.1, 0.15) is 0 Å². The molecule has 6 nitrogen and oxygen atoms in total. The minimum absolute atomic E-state index is 0.0383. The first kappa shape index (κ1) is 17.7. The van der Waals surface area contributed by atoms with Crippen molar-refractivity contribution >= 4 is 11.9 Å². The molecule has 6 heteroatoms. The highest BCUT2D eigenvalue weighted by molar-refractivity contribution is 5.76. The van der Waals surface area contributed by atoms with Crippen molar-refractivity contribution in [3.63, 3.8) is 0 Å². The lowest BCUT2D eigenvalue weighted by Gasteiger charge is -2.43. The Morgan fingerprint density at radius 2 is 1.79 bits per heavy atom. The van der Waals surface area contributed by atoms with E-state index in [1.165, 1.54) is 12.8 Å². The molecule has 136 valence electrons. The topological polar surface area (TPSA) is 89.9 Å². The van der Waals surface area contributed by atoms with Gasteiger partial charge in [0.25, 0.3) is 0 Å². The summed E-state index contributed by atoms with van der Waals surface area (Å²) in [5, 5.41) is 22.1. The molecule has 1 amide bonds. The van der Waals surface area contributed by atoms with Gasteiger partial charge in [-0.25, -0.2) is 0 Å². The molecule has 0 aromatic rings. The second-order valence-corrected chi connectivity index (χ2v) is 7.97. The van der Waals surface area contributed by atoms with Gasteiger partial charge in [-0.3, -0.25) is 14.5 Å². The van der Waals surface area contributed by atoms with Crippen molar-refractivity contribution in [2.45, 2.75) is 76.0 Å². The molecular formula is C18H30N2O4. The molecule has 0 spiro atoms. The standard InChI is InChI=1S/C18H30N2O4/c21-16-4-2-1-3-13(16)7-17(22)19-14-8-15(9-14)20(11-18(23)24)10-12-5-6-12/h12-16,21H,1-11H2,(H,19,22)(H,23,24)/t13-,14?,15?,16+/m0/s1. The van der Waals surface area contributed by atoms with Crippen LogP contribution in [0.15, 0.2) is 0 Å². The van der Waals surface area contributed by atoms with Crippen molar-refractivity contribution in [2.24, 2.45) is 11.8 Å². The van der Waals surface area contributed by atoms with Crippen LogP contribution in [0.1, 0.15) is 57.8 Å². The van der Waals surface area contributed by atoms with Crippen LogP contribution in [0.4, 0.5) is 0 Å². The average Bonchev–Trinajstić information content (AvgIpc) is 3.28. The van der Waals surface area contributed by atoms with Gasteiger partial charge < -0.3 is 15.5 Å². The van der Waals surface area contributed by atoms with E-state index in [9.17, 15) is 14.7 Å². The van der Waals surface area contributed by atoms with Crippen LogP contribution in [-0.4, -0.2) is 58.3 Å². The van der Waals surface area contributed by atoms with Gasteiger partial charge in [-0.1, -0.05) is 12.8 Å². The molecule has 0 unspecified atom stereocenters. The summed E-state index contributed by atoms with van der Waals surface area (Å²) in [6.45, 7) is 0.988. The Kier molecular flexibility index (Phi) is 5.76. The highest BCUT2D eigenvalue weighted by Crippen LogP contribution is 2.34. The van der Waals surface area contributed by atoms with E-state index in [0.29, 0.717) is 12.3 Å². The van der Waals surface area contributed by atoms with E-state index in [1.54, 1.807) is 0 Å². The van der Waals surface area contributed by atoms with E-state index in [1.807, 2.05) is 0 Å². The first-order valence-corrected chi connectivity index (χ1v) is 9.44. The third-order valence-corrected chi connectivity index (χ3v) is 5.84. The molecule has 2 atom stereocenters. The van der Waals surface area contributed by atoms with Crippen LogP contribution in [-0.2, 0) is 9.59 Å². The molecule has 3 N–H and O–H groups in total. The smallest absolute Gasteiger partial charge is 0.317 e. The molecule has 3 fully saturated rings. The van der Waals surface area contributed by atoms with E-state index in [0.717, 1.165) is 45.1 Å². The molecule has 3 aliphatic rings. The first-order chi connectivity index (χ1) is 11.5. The summed E-state index contributed by atoms with van der Waals surface area (Å²) in [5.41, 5.74) is 0. The van der Waals surface area contributed by atoms with Crippen LogP contribution in [0.3, 0.4) is 0 Å². The van der Waals surface area contributed by atoms with Crippen molar-refractivity contribution in [3.05, 3.63) is 0 Å². The van der Waals surface area contributed by atoms with Crippen LogP contribution in [0.2, 0.25) is 0 Å². The van der Waals surface area contributed by atoms with Crippen LogP contribution in [0, 0.1) is 11.8 Å². The lowest BCUT2D eigenvalue weighted by molar-refractivity contribution is -0.140. The lowest BCUT2D eigenvalue weighted by Crippen LogP contribution is -2.55. The Bertz CT molecular complexity index is 460. The molecule has 0 aromatic heterocycles. The second kappa shape index (κ2) is 7.83. The fourth-order valence-electron chi connectivity index (χ4n) is 4.10. The van der Waals surface area contributed by atoms with E-state index < -0.39 is 5.97 Å².